The van der Waals surface area contributed by atoms with Crippen LogP contribution in [0.2, 0.25) is 0 Å². The molecule has 36 heavy (non-hydrogen) atoms. The predicted octanol–water partition coefficient (Wildman–Crippen LogP) is 4.43. The molecule has 2 heterocycles. The molecule has 2 aromatic heterocycles. The molecular formula is C27H27N3O4S2. The van der Waals surface area contributed by atoms with E-state index in [0.717, 1.165) is 12.0 Å². The Bertz CT molecular complexity index is 1350. The first-order valence-electron chi connectivity index (χ1n) is 11.7. The molecule has 0 saturated heterocycles. The number of thioether (sulfide) groups is 1. The zero-order valence-electron chi connectivity index (χ0n) is 19.7. The lowest BCUT2D eigenvalue weighted by Crippen LogP contribution is -2.27. The Labute approximate surface area is 217 Å². The van der Waals surface area contributed by atoms with Gasteiger partial charge in [-0.1, -0.05) is 72.4 Å². The normalized spacial score (nSPS) is 10.9. The Hall–Kier alpha value is -3.43. The molecule has 0 radical (unpaired) electrons. The highest BCUT2D eigenvalue weighted by atomic mass is 32.2. The average Bonchev–Trinajstić information content (AvgIpc) is 3.38. The van der Waals surface area contributed by atoms with E-state index in [9.17, 15) is 14.4 Å². The third-order valence-corrected chi connectivity index (χ3v) is 7.30. The largest absolute Gasteiger partial charge is 0.460 e. The number of nitrogens with one attached hydrogen (secondary N) is 1. The van der Waals surface area contributed by atoms with Gasteiger partial charge in [-0.05, 0) is 35.4 Å². The number of benzene rings is 2. The van der Waals surface area contributed by atoms with Gasteiger partial charge in [0.05, 0.1) is 11.3 Å². The van der Waals surface area contributed by atoms with Crippen LogP contribution in [0.3, 0.4) is 0 Å². The summed E-state index contributed by atoms with van der Waals surface area (Å²) in [6, 6.07) is 21.2. The Morgan fingerprint density at radius 3 is 2.47 bits per heavy atom. The van der Waals surface area contributed by atoms with Crippen LogP contribution >= 0.6 is 23.1 Å². The number of thiophene rings is 1. The molecule has 0 bridgehead atoms. The van der Waals surface area contributed by atoms with Crippen molar-refractivity contribution in [1.82, 2.24) is 14.9 Å². The minimum Gasteiger partial charge on any atom is -0.460 e. The average molecular weight is 522 g/mol. The van der Waals surface area contributed by atoms with Crippen LogP contribution in [0.15, 0.2) is 82.1 Å². The first-order valence-corrected chi connectivity index (χ1v) is 13.6. The molecule has 9 heteroatoms. The van der Waals surface area contributed by atoms with Gasteiger partial charge in [-0.2, -0.15) is 0 Å². The van der Waals surface area contributed by atoms with Crippen LogP contribution in [0.25, 0.3) is 10.2 Å². The highest BCUT2D eigenvalue weighted by Gasteiger charge is 2.15. The maximum atomic E-state index is 13.1. The molecule has 1 amide bonds. The fraction of sp³-hybridized carbons (Fsp3) is 0.259. The highest BCUT2D eigenvalue weighted by Crippen LogP contribution is 2.21. The summed E-state index contributed by atoms with van der Waals surface area (Å²) in [6.07, 6.45) is 1.56. The van der Waals surface area contributed by atoms with Crippen LogP contribution in [0.1, 0.15) is 24.0 Å². The topological polar surface area (TPSA) is 90.3 Å². The number of esters is 1. The number of nitrogens with zero attached hydrogens (tertiary/aromatic N) is 2. The first kappa shape index (κ1) is 25.7. The van der Waals surface area contributed by atoms with E-state index in [1.165, 1.54) is 28.7 Å². The Morgan fingerprint density at radius 1 is 1.00 bits per heavy atom. The molecule has 0 aliphatic rings. The van der Waals surface area contributed by atoms with Crippen molar-refractivity contribution in [2.24, 2.45) is 0 Å². The van der Waals surface area contributed by atoms with Gasteiger partial charge in [0.1, 0.15) is 11.3 Å². The van der Waals surface area contributed by atoms with Crippen LogP contribution in [-0.4, -0.2) is 33.7 Å². The molecule has 0 fully saturated rings. The Kier molecular flexibility index (Phi) is 9.29. The summed E-state index contributed by atoms with van der Waals surface area (Å²) in [4.78, 5) is 42.3. The van der Waals surface area contributed by atoms with Gasteiger partial charge < -0.3 is 10.1 Å². The molecule has 7 nitrogen and oxygen atoms in total. The quantitative estimate of drug-likeness (QED) is 0.169. The van der Waals surface area contributed by atoms with Crippen molar-refractivity contribution < 1.29 is 14.3 Å². The molecule has 4 aromatic rings. The number of carbonyl (C=O) groups excluding carboxylic acids is 2. The van der Waals surface area contributed by atoms with Crippen LogP contribution in [0.4, 0.5) is 0 Å². The molecule has 0 unspecified atom stereocenters. The Morgan fingerprint density at radius 2 is 1.72 bits per heavy atom. The molecule has 186 valence electrons. The van der Waals surface area contributed by atoms with E-state index < -0.39 is 0 Å². The molecule has 0 spiro atoms. The summed E-state index contributed by atoms with van der Waals surface area (Å²) in [5.74, 6) is -0.398. The summed E-state index contributed by atoms with van der Waals surface area (Å²) < 4.78 is 7.48. The van der Waals surface area contributed by atoms with Crippen molar-refractivity contribution in [2.75, 3.05) is 12.3 Å². The zero-order valence-corrected chi connectivity index (χ0v) is 21.4. The van der Waals surface area contributed by atoms with Gasteiger partial charge >= 0.3 is 5.97 Å². The number of amides is 1. The molecule has 0 aliphatic heterocycles. The molecule has 2 aromatic carbocycles. The van der Waals surface area contributed by atoms with Crippen LogP contribution in [0, 0.1) is 0 Å². The van der Waals surface area contributed by atoms with Crippen LogP contribution in [-0.2, 0) is 33.9 Å². The third-order valence-electron chi connectivity index (χ3n) is 5.46. The summed E-state index contributed by atoms with van der Waals surface area (Å²) in [5.41, 5.74) is 2.54. The fourth-order valence-electron chi connectivity index (χ4n) is 3.61. The summed E-state index contributed by atoms with van der Waals surface area (Å²) in [6.45, 7) is 1.11. The highest BCUT2D eigenvalue weighted by molar-refractivity contribution is 7.99. The lowest BCUT2D eigenvalue weighted by molar-refractivity contribution is -0.141. The minimum absolute atomic E-state index is 0.0366. The third kappa shape index (κ3) is 7.29. The van der Waals surface area contributed by atoms with Crippen molar-refractivity contribution >= 4 is 45.2 Å². The van der Waals surface area contributed by atoms with Crippen molar-refractivity contribution in [3.05, 3.63) is 93.6 Å². The number of hydrogen-bond acceptors (Lipinski definition) is 7. The van der Waals surface area contributed by atoms with E-state index in [2.05, 4.69) is 10.3 Å². The zero-order chi connectivity index (χ0) is 25.2. The lowest BCUT2D eigenvalue weighted by atomic mass is 10.1. The van der Waals surface area contributed by atoms with Gasteiger partial charge in [-0.3, -0.25) is 19.0 Å². The second kappa shape index (κ2) is 13.0. The fourth-order valence-corrected chi connectivity index (χ4v) is 5.21. The number of hydrogen-bond donors (Lipinski definition) is 1. The smallest absolute Gasteiger partial charge is 0.316 e. The standard InChI is InChI=1S/C27H27N3O4S2/c31-23(28-15-13-20-8-3-1-4-9-20)12-7-16-30-26(33)25-22(14-17-35-25)29-27(30)36-19-24(32)34-18-21-10-5-2-6-11-21/h1-6,8-11,14,17H,7,12-13,15-16,18-19H2,(H,28,31). The van der Waals surface area contributed by atoms with Crippen molar-refractivity contribution in [3.63, 3.8) is 0 Å². The Balaban J connectivity index is 1.31. The number of fused-ring (bicyclic) bond motifs is 1. The van der Waals surface area contributed by atoms with Gasteiger partial charge in [-0.25, -0.2) is 4.98 Å². The second-order valence-electron chi connectivity index (χ2n) is 8.11. The number of ether oxygens (including phenoxy) is 1. The van der Waals surface area contributed by atoms with E-state index in [1.54, 1.807) is 10.6 Å². The number of carbonyl (C=O) groups is 2. The van der Waals surface area contributed by atoms with E-state index in [0.29, 0.717) is 41.3 Å². The van der Waals surface area contributed by atoms with Gasteiger partial charge in [0.25, 0.3) is 5.56 Å². The molecule has 0 aliphatic carbocycles. The van der Waals surface area contributed by atoms with Crippen molar-refractivity contribution in [3.8, 4) is 0 Å². The predicted molar refractivity (Wildman–Crippen MR) is 143 cm³/mol. The molecular weight excluding hydrogens is 494 g/mol. The maximum absolute atomic E-state index is 13.1. The van der Waals surface area contributed by atoms with Gasteiger partial charge in [-0.15, -0.1) is 11.3 Å². The number of rotatable bonds is 12. The summed E-state index contributed by atoms with van der Waals surface area (Å²) in [5, 5.41) is 5.21. The van der Waals surface area contributed by atoms with Gasteiger partial charge in [0.15, 0.2) is 5.16 Å². The number of aromatic nitrogens is 2. The van der Waals surface area contributed by atoms with Crippen molar-refractivity contribution in [1.29, 1.82) is 0 Å². The van der Waals surface area contributed by atoms with Crippen LogP contribution in [0.5, 0.6) is 0 Å². The SMILES string of the molecule is O=C(CCCn1c(SCC(=O)OCc2ccccc2)nc2ccsc2c1=O)NCCc1ccccc1. The van der Waals surface area contributed by atoms with Crippen molar-refractivity contribution in [2.45, 2.75) is 37.6 Å². The lowest BCUT2D eigenvalue weighted by Gasteiger charge is -2.12. The summed E-state index contributed by atoms with van der Waals surface area (Å²) in [7, 11) is 0. The molecule has 0 saturated carbocycles. The minimum atomic E-state index is -0.382. The monoisotopic (exact) mass is 521 g/mol. The van der Waals surface area contributed by atoms with Gasteiger partial charge in [0.2, 0.25) is 5.91 Å². The molecule has 1 N–H and O–H groups in total. The van der Waals surface area contributed by atoms with Crippen LogP contribution < -0.4 is 10.9 Å². The molecule has 0 atom stereocenters. The van der Waals surface area contributed by atoms with E-state index in [-0.39, 0.29) is 29.8 Å². The first-order chi connectivity index (χ1) is 17.6. The maximum Gasteiger partial charge on any atom is 0.316 e. The van der Waals surface area contributed by atoms with Gasteiger partial charge in [0, 0.05) is 19.5 Å². The molecule has 4 rings (SSSR count). The second-order valence-corrected chi connectivity index (χ2v) is 9.97. The van der Waals surface area contributed by atoms with E-state index in [1.807, 2.05) is 66.0 Å². The van der Waals surface area contributed by atoms with E-state index >= 15 is 0 Å². The van der Waals surface area contributed by atoms with E-state index in [4.69, 9.17) is 4.74 Å². The summed E-state index contributed by atoms with van der Waals surface area (Å²) >= 11 is 2.51.